The number of carbonyl (C=O) groups is 1. The third-order valence-electron chi connectivity index (χ3n) is 3.74. The molecule has 0 aliphatic rings. The molecule has 2 heterocycles. The van der Waals surface area contributed by atoms with Gasteiger partial charge in [0.15, 0.2) is 5.65 Å². The minimum atomic E-state index is -4.60. The van der Waals surface area contributed by atoms with E-state index in [1.54, 1.807) is 24.3 Å². The number of hydrogen-bond acceptors (Lipinski definition) is 3. The predicted molar refractivity (Wildman–Crippen MR) is 90.9 cm³/mol. The van der Waals surface area contributed by atoms with Crippen LogP contribution in [0, 0.1) is 6.92 Å². The van der Waals surface area contributed by atoms with Gasteiger partial charge < -0.3 is 10.1 Å². The molecular formula is C17H13ClF3N3O2. The number of ether oxygens (including phenoxy) is 1. The van der Waals surface area contributed by atoms with Gasteiger partial charge in [0.1, 0.15) is 11.4 Å². The molecule has 0 fully saturated rings. The quantitative estimate of drug-likeness (QED) is 0.720. The molecule has 1 aromatic carbocycles. The summed E-state index contributed by atoms with van der Waals surface area (Å²) in [6, 6.07) is 7.31. The van der Waals surface area contributed by atoms with Crippen molar-refractivity contribution in [1.29, 1.82) is 0 Å². The summed E-state index contributed by atoms with van der Waals surface area (Å²) < 4.78 is 45.2. The van der Waals surface area contributed by atoms with Gasteiger partial charge in [0.25, 0.3) is 5.91 Å². The first-order valence-electron chi connectivity index (χ1n) is 7.41. The van der Waals surface area contributed by atoms with Crippen molar-refractivity contribution in [2.45, 2.75) is 13.1 Å². The number of anilines is 1. The van der Waals surface area contributed by atoms with Crippen LogP contribution in [0.25, 0.3) is 5.65 Å². The number of nitrogens with zero attached hydrogens (tertiary/aromatic N) is 2. The van der Waals surface area contributed by atoms with Gasteiger partial charge in [-0.2, -0.15) is 13.2 Å². The van der Waals surface area contributed by atoms with E-state index in [-0.39, 0.29) is 22.1 Å². The molecule has 0 spiro atoms. The van der Waals surface area contributed by atoms with E-state index in [9.17, 15) is 18.0 Å². The number of amides is 1. The number of imidazole rings is 1. The predicted octanol–water partition coefficient (Wildman–Crippen LogP) is 4.58. The molecule has 0 unspecified atom stereocenters. The zero-order chi connectivity index (χ0) is 19.1. The van der Waals surface area contributed by atoms with Crippen molar-refractivity contribution < 1.29 is 22.7 Å². The lowest BCUT2D eigenvalue weighted by Crippen LogP contribution is -2.16. The van der Waals surface area contributed by atoms with E-state index in [0.717, 1.165) is 16.7 Å². The number of hydrogen-bond donors (Lipinski definition) is 1. The number of aromatic nitrogens is 2. The molecule has 136 valence electrons. The summed E-state index contributed by atoms with van der Waals surface area (Å²) in [5.41, 5.74) is -0.188. The summed E-state index contributed by atoms with van der Waals surface area (Å²) in [4.78, 5) is 16.7. The van der Waals surface area contributed by atoms with E-state index >= 15 is 0 Å². The molecule has 0 saturated heterocycles. The highest BCUT2D eigenvalue weighted by Crippen LogP contribution is 2.33. The number of aryl methyl sites for hydroxylation is 1. The molecule has 1 N–H and O–H groups in total. The highest BCUT2D eigenvalue weighted by atomic mass is 35.5. The maximum atomic E-state index is 13.0. The lowest BCUT2D eigenvalue weighted by Gasteiger charge is -2.10. The van der Waals surface area contributed by atoms with E-state index in [4.69, 9.17) is 16.3 Å². The molecule has 0 bridgehead atoms. The number of pyridine rings is 1. The average Bonchev–Trinajstić information content (AvgIpc) is 2.91. The third kappa shape index (κ3) is 3.32. The maximum absolute atomic E-state index is 13.0. The van der Waals surface area contributed by atoms with Crippen LogP contribution in [0.4, 0.5) is 18.9 Å². The van der Waals surface area contributed by atoms with Crippen molar-refractivity contribution in [3.63, 3.8) is 0 Å². The molecule has 0 radical (unpaired) electrons. The standard InChI is InChI=1S/C17H13ClF3N3O2/c1-9-14(16(25)23-11-3-5-12(26-2)6-4-11)24-8-10(17(19,20)21)7-13(18)15(24)22-9/h3-8H,1-2H3,(H,23,25). The lowest BCUT2D eigenvalue weighted by molar-refractivity contribution is -0.137. The van der Waals surface area contributed by atoms with E-state index in [2.05, 4.69) is 10.3 Å². The first-order valence-corrected chi connectivity index (χ1v) is 7.79. The second kappa shape index (κ2) is 6.53. The molecule has 0 aliphatic heterocycles. The Morgan fingerprint density at radius 1 is 1.27 bits per heavy atom. The van der Waals surface area contributed by atoms with Gasteiger partial charge in [-0.15, -0.1) is 0 Å². The number of fused-ring (bicyclic) bond motifs is 1. The second-order valence-corrected chi connectivity index (χ2v) is 5.90. The largest absolute Gasteiger partial charge is 0.497 e. The van der Waals surface area contributed by atoms with Gasteiger partial charge in [-0.05, 0) is 37.3 Å². The van der Waals surface area contributed by atoms with Gasteiger partial charge in [0, 0.05) is 11.9 Å². The van der Waals surface area contributed by atoms with Crippen LogP contribution < -0.4 is 10.1 Å². The molecule has 5 nitrogen and oxygen atoms in total. The lowest BCUT2D eigenvalue weighted by atomic mass is 10.2. The van der Waals surface area contributed by atoms with Crippen LogP contribution >= 0.6 is 11.6 Å². The van der Waals surface area contributed by atoms with E-state index in [0.29, 0.717) is 11.4 Å². The van der Waals surface area contributed by atoms with Crippen molar-refractivity contribution >= 4 is 28.8 Å². The fraction of sp³-hybridized carbons (Fsp3) is 0.176. The number of methoxy groups -OCH3 is 1. The summed E-state index contributed by atoms with van der Waals surface area (Å²) in [5.74, 6) is 0.00569. The summed E-state index contributed by atoms with van der Waals surface area (Å²) in [7, 11) is 1.51. The molecule has 3 aromatic rings. The van der Waals surface area contributed by atoms with Gasteiger partial charge in [0.2, 0.25) is 0 Å². The Morgan fingerprint density at radius 2 is 1.92 bits per heavy atom. The Bertz CT molecular complexity index is 982. The zero-order valence-corrected chi connectivity index (χ0v) is 14.4. The molecule has 26 heavy (non-hydrogen) atoms. The fourth-order valence-corrected chi connectivity index (χ4v) is 2.76. The zero-order valence-electron chi connectivity index (χ0n) is 13.7. The summed E-state index contributed by atoms with van der Waals surface area (Å²) in [5, 5.41) is 2.44. The molecule has 2 aromatic heterocycles. The van der Waals surface area contributed by atoms with Crippen LogP contribution in [0.15, 0.2) is 36.5 Å². The Labute approximate surface area is 151 Å². The molecule has 1 amide bonds. The average molecular weight is 384 g/mol. The Morgan fingerprint density at radius 3 is 2.50 bits per heavy atom. The number of alkyl halides is 3. The molecule has 0 atom stereocenters. The van der Waals surface area contributed by atoms with Gasteiger partial charge in [-0.1, -0.05) is 11.6 Å². The molecule has 9 heteroatoms. The van der Waals surface area contributed by atoms with Gasteiger partial charge >= 0.3 is 6.18 Å². The van der Waals surface area contributed by atoms with Crippen LogP contribution in [0.1, 0.15) is 21.7 Å². The number of halogens is 4. The number of nitrogens with one attached hydrogen (secondary N) is 1. The fourth-order valence-electron chi connectivity index (χ4n) is 2.51. The van der Waals surface area contributed by atoms with Crippen LogP contribution in [0.3, 0.4) is 0 Å². The first kappa shape index (κ1) is 18.1. The van der Waals surface area contributed by atoms with Crippen LogP contribution in [-0.4, -0.2) is 22.4 Å². The Hall–Kier alpha value is -2.74. The van der Waals surface area contributed by atoms with Crippen molar-refractivity contribution in [2.24, 2.45) is 0 Å². The summed E-state index contributed by atoms with van der Waals surface area (Å²) in [6.07, 6.45) is -3.79. The monoisotopic (exact) mass is 383 g/mol. The topological polar surface area (TPSA) is 55.6 Å². The van der Waals surface area contributed by atoms with Gasteiger partial charge in [-0.3, -0.25) is 9.20 Å². The number of carbonyl (C=O) groups excluding carboxylic acids is 1. The highest BCUT2D eigenvalue weighted by Gasteiger charge is 2.32. The smallest absolute Gasteiger partial charge is 0.417 e. The first-order chi connectivity index (χ1) is 12.2. The molecule has 0 aliphatic carbocycles. The minimum absolute atomic E-state index is 0.0242. The summed E-state index contributed by atoms with van der Waals surface area (Å²) >= 11 is 5.92. The summed E-state index contributed by atoms with van der Waals surface area (Å²) in [6.45, 7) is 1.53. The van der Waals surface area contributed by atoms with E-state index < -0.39 is 17.6 Å². The third-order valence-corrected chi connectivity index (χ3v) is 4.02. The highest BCUT2D eigenvalue weighted by molar-refractivity contribution is 6.33. The van der Waals surface area contributed by atoms with E-state index in [1.165, 1.54) is 14.0 Å². The molecular weight excluding hydrogens is 371 g/mol. The van der Waals surface area contributed by atoms with Crippen molar-refractivity contribution in [1.82, 2.24) is 9.38 Å². The molecule has 3 rings (SSSR count). The van der Waals surface area contributed by atoms with E-state index in [1.807, 2.05) is 0 Å². The second-order valence-electron chi connectivity index (χ2n) is 5.50. The Balaban J connectivity index is 2.04. The van der Waals surface area contributed by atoms with Crippen molar-refractivity contribution in [2.75, 3.05) is 12.4 Å². The van der Waals surface area contributed by atoms with Crippen LogP contribution in [0.2, 0.25) is 5.02 Å². The van der Waals surface area contributed by atoms with Gasteiger partial charge in [-0.25, -0.2) is 4.98 Å². The number of benzene rings is 1. The Kier molecular flexibility index (Phi) is 4.53. The maximum Gasteiger partial charge on any atom is 0.417 e. The van der Waals surface area contributed by atoms with Crippen molar-refractivity contribution in [3.8, 4) is 5.75 Å². The normalized spacial score (nSPS) is 11.6. The number of rotatable bonds is 3. The SMILES string of the molecule is COc1ccc(NC(=O)c2c(C)nc3c(Cl)cc(C(F)(F)F)cn23)cc1. The minimum Gasteiger partial charge on any atom is -0.497 e. The van der Waals surface area contributed by atoms with Crippen LogP contribution in [0.5, 0.6) is 5.75 Å². The molecule has 0 saturated carbocycles. The van der Waals surface area contributed by atoms with Crippen LogP contribution in [-0.2, 0) is 6.18 Å². The van der Waals surface area contributed by atoms with Gasteiger partial charge in [0.05, 0.1) is 23.4 Å². The van der Waals surface area contributed by atoms with Crippen molar-refractivity contribution in [3.05, 3.63) is 58.5 Å².